The molecule has 1 amide bonds. The van der Waals surface area contributed by atoms with Gasteiger partial charge < -0.3 is 5.32 Å². The van der Waals surface area contributed by atoms with Crippen LogP contribution in [0, 0.1) is 5.92 Å². The molecule has 1 aliphatic heterocycles. The van der Waals surface area contributed by atoms with Crippen LogP contribution in [0.2, 0.25) is 0 Å². The van der Waals surface area contributed by atoms with Crippen LogP contribution in [0.15, 0.2) is 41.3 Å². The van der Waals surface area contributed by atoms with Crippen molar-refractivity contribution >= 4 is 32.4 Å². The van der Waals surface area contributed by atoms with Gasteiger partial charge in [-0.3, -0.25) is 9.10 Å². The van der Waals surface area contributed by atoms with E-state index in [-0.39, 0.29) is 10.8 Å². The second-order valence-corrected chi connectivity index (χ2v) is 8.03. The smallest absolute Gasteiger partial charge is 0.265 e. The van der Waals surface area contributed by atoms with E-state index in [1.165, 1.54) is 4.31 Å². The minimum atomic E-state index is -3.71. The zero-order valence-corrected chi connectivity index (χ0v) is 14.2. The van der Waals surface area contributed by atoms with E-state index in [0.29, 0.717) is 23.5 Å². The molecule has 0 fully saturated rings. The average Bonchev–Trinajstić information content (AvgIpc) is 2.74. The normalized spacial score (nSPS) is 16.8. The van der Waals surface area contributed by atoms with Gasteiger partial charge in [0, 0.05) is 11.9 Å². The highest BCUT2D eigenvalue weighted by atomic mass is 32.2. The Kier molecular flexibility index (Phi) is 3.80. The van der Waals surface area contributed by atoms with Crippen LogP contribution < -0.4 is 9.62 Å². The summed E-state index contributed by atoms with van der Waals surface area (Å²) in [5.74, 6) is 0.0223. The molecule has 23 heavy (non-hydrogen) atoms. The highest BCUT2D eigenvalue weighted by molar-refractivity contribution is 7.93. The zero-order chi connectivity index (χ0) is 16.8. The number of hydrogen-bond donors (Lipinski definition) is 1. The maximum atomic E-state index is 12.9. The second-order valence-electron chi connectivity index (χ2n) is 6.25. The molecule has 0 saturated heterocycles. The van der Waals surface area contributed by atoms with Crippen molar-refractivity contribution in [2.75, 3.05) is 10.8 Å². The maximum absolute atomic E-state index is 12.9. The summed E-state index contributed by atoms with van der Waals surface area (Å²) in [6.07, 6.45) is 0. The number of carbonyl (C=O) groups is 1. The average molecular weight is 332 g/mol. The van der Waals surface area contributed by atoms with Crippen LogP contribution in [0.3, 0.4) is 0 Å². The number of benzene rings is 2. The molecule has 0 saturated carbocycles. The van der Waals surface area contributed by atoms with Crippen molar-refractivity contribution in [3.8, 4) is 0 Å². The predicted octanol–water partition coefficient (Wildman–Crippen LogP) is 2.51. The van der Waals surface area contributed by atoms with Crippen molar-refractivity contribution in [3.05, 3.63) is 36.4 Å². The zero-order valence-electron chi connectivity index (χ0n) is 13.4. The lowest BCUT2D eigenvalue weighted by atomic mass is 10.1. The van der Waals surface area contributed by atoms with Crippen molar-refractivity contribution in [1.29, 1.82) is 0 Å². The molecule has 3 rings (SSSR count). The molecule has 1 unspecified atom stereocenters. The summed E-state index contributed by atoms with van der Waals surface area (Å²) in [5, 5.41) is 4.37. The van der Waals surface area contributed by atoms with E-state index in [1.807, 2.05) is 32.0 Å². The fraction of sp³-hybridized carbons (Fsp3) is 0.353. The number of rotatable bonds is 4. The third-order valence-electron chi connectivity index (χ3n) is 4.03. The van der Waals surface area contributed by atoms with E-state index in [2.05, 4.69) is 5.32 Å². The molecule has 5 nitrogen and oxygen atoms in total. The monoisotopic (exact) mass is 332 g/mol. The summed E-state index contributed by atoms with van der Waals surface area (Å²) < 4.78 is 27.0. The Hall–Kier alpha value is -2.08. The second kappa shape index (κ2) is 5.53. The molecule has 0 aliphatic carbocycles. The van der Waals surface area contributed by atoms with E-state index in [0.717, 1.165) is 5.39 Å². The summed E-state index contributed by atoms with van der Waals surface area (Å²) >= 11 is 0. The Labute approximate surface area is 136 Å². The van der Waals surface area contributed by atoms with Crippen LogP contribution >= 0.6 is 0 Å². The van der Waals surface area contributed by atoms with E-state index in [9.17, 15) is 13.2 Å². The Bertz CT molecular complexity index is 869. The van der Waals surface area contributed by atoms with Crippen LogP contribution in [-0.2, 0) is 14.8 Å². The molecule has 1 aliphatic rings. The number of carbonyl (C=O) groups excluding carboxylic acids is 1. The van der Waals surface area contributed by atoms with Crippen LogP contribution in [-0.4, -0.2) is 26.9 Å². The molecular weight excluding hydrogens is 312 g/mol. The van der Waals surface area contributed by atoms with Crippen LogP contribution in [0.4, 0.5) is 5.69 Å². The lowest BCUT2D eigenvalue weighted by Crippen LogP contribution is -2.47. The number of sulfonamides is 1. The fourth-order valence-corrected chi connectivity index (χ4v) is 4.76. The Morgan fingerprint density at radius 2 is 1.78 bits per heavy atom. The quantitative estimate of drug-likeness (QED) is 0.935. The summed E-state index contributed by atoms with van der Waals surface area (Å²) in [6.45, 7) is 6.13. The van der Waals surface area contributed by atoms with Gasteiger partial charge in [0.2, 0.25) is 5.91 Å². The minimum absolute atomic E-state index is 0.272. The predicted molar refractivity (Wildman–Crippen MR) is 90.9 cm³/mol. The van der Waals surface area contributed by atoms with E-state index in [1.54, 1.807) is 25.1 Å². The highest BCUT2D eigenvalue weighted by Gasteiger charge is 2.40. The molecule has 0 bridgehead atoms. The summed E-state index contributed by atoms with van der Waals surface area (Å²) in [4.78, 5) is 12.6. The van der Waals surface area contributed by atoms with Gasteiger partial charge in [0.1, 0.15) is 6.04 Å². The molecule has 1 N–H and O–H groups in total. The Balaban J connectivity index is 2.05. The van der Waals surface area contributed by atoms with E-state index >= 15 is 0 Å². The molecule has 2 aromatic rings. The lowest BCUT2D eigenvalue weighted by Gasteiger charge is -2.25. The SMILES string of the molecule is CC(C)CNC(=O)C(C)N1c2cccc3cccc(c23)S1(=O)=O. The van der Waals surface area contributed by atoms with Gasteiger partial charge in [-0.05, 0) is 30.4 Å². The van der Waals surface area contributed by atoms with Crippen molar-refractivity contribution in [2.24, 2.45) is 5.92 Å². The molecule has 1 atom stereocenters. The van der Waals surface area contributed by atoms with Gasteiger partial charge >= 0.3 is 0 Å². The Morgan fingerprint density at radius 1 is 1.13 bits per heavy atom. The highest BCUT2D eigenvalue weighted by Crippen LogP contribution is 2.43. The molecule has 0 aromatic heterocycles. The molecule has 0 radical (unpaired) electrons. The first kappa shape index (κ1) is 15.8. The molecule has 1 heterocycles. The van der Waals surface area contributed by atoms with Gasteiger partial charge in [0.05, 0.1) is 10.6 Å². The number of hydrogen-bond acceptors (Lipinski definition) is 3. The summed E-state index contributed by atoms with van der Waals surface area (Å²) in [6, 6.07) is 9.86. The van der Waals surface area contributed by atoms with Crippen LogP contribution in [0.5, 0.6) is 0 Å². The van der Waals surface area contributed by atoms with Gasteiger partial charge in [-0.2, -0.15) is 0 Å². The molecule has 6 heteroatoms. The third-order valence-corrected chi connectivity index (χ3v) is 5.96. The first-order valence-electron chi connectivity index (χ1n) is 7.68. The molecule has 122 valence electrons. The summed E-state index contributed by atoms with van der Waals surface area (Å²) in [5.41, 5.74) is 0.574. The standard InChI is InChI=1S/C17H20N2O3S/c1-11(2)10-18-17(20)12(3)19-14-8-4-6-13-7-5-9-15(16(13)14)23(19,21)22/h4-9,11-12H,10H2,1-3H3,(H,18,20). The Morgan fingerprint density at radius 3 is 2.43 bits per heavy atom. The van der Waals surface area contributed by atoms with Crippen LogP contribution in [0.25, 0.3) is 10.8 Å². The first-order chi connectivity index (χ1) is 10.8. The van der Waals surface area contributed by atoms with Gasteiger partial charge in [0.15, 0.2) is 0 Å². The van der Waals surface area contributed by atoms with Crippen molar-refractivity contribution in [3.63, 3.8) is 0 Å². The van der Waals surface area contributed by atoms with Crippen LogP contribution in [0.1, 0.15) is 20.8 Å². The molecular formula is C17H20N2O3S. The lowest BCUT2D eigenvalue weighted by molar-refractivity contribution is -0.121. The van der Waals surface area contributed by atoms with Crippen molar-refractivity contribution in [2.45, 2.75) is 31.7 Å². The van der Waals surface area contributed by atoms with E-state index in [4.69, 9.17) is 0 Å². The molecule has 2 aromatic carbocycles. The number of nitrogens with one attached hydrogen (secondary N) is 1. The fourth-order valence-electron chi connectivity index (χ4n) is 2.90. The number of anilines is 1. The third kappa shape index (κ3) is 2.47. The van der Waals surface area contributed by atoms with Gasteiger partial charge in [-0.1, -0.05) is 38.1 Å². The van der Waals surface area contributed by atoms with Gasteiger partial charge in [0.25, 0.3) is 10.0 Å². The summed E-state index contributed by atoms with van der Waals surface area (Å²) in [7, 11) is -3.71. The molecule has 0 spiro atoms. The maximum Gasteiger partial charge on any atom is 0.265 e. The van der Waals surface area contributed by atoms with Crippen molar-refractivity contribution < 1.29 is 13.2 Å². The van der Waals surface area contributed by atoms with Crippen molar-refractivity contribution in [1.82, 2.24) is 5.32 Å². The van der Waals surface area contributed by atoms with Gasteiger partial charge in [-0.15, -0.1) is 0 Å². The first-order valence-corrected chi connectivity index (χ1v) is 9.12. The minimum Gasteiger partial charge on any atom is -0.354 e. The van der Waals surface area contributed by atoms with Gasteiger partial charge in [-0.25, -0.2) is 8.42 Å². The number of nitrogens with zero attached hydrogens (tertiary/aromatic N) is 1. The largest absolute Gasteiger partial charge is 0.354 e. The topological polar surface area (TPSA) is 66.5 Å². The van der Waals surface area contributed by atoms with E-state index < -0.39 is 16.1 Å². The number of amides is 1.